The minimum atomic E-state index is -0.748. The molecule has 1 rings (SSSR count). The zero-order valence-corrected chi connectivity index (χ0v) is 9.76. The number of rotatable bonds is 3. The Morgan fingerprint density at radius 1 is 1.50 bits per heavy atom. The first-order valence-electron chi connectivity index (χ1n) is 5.39. The summed E-state index contributed by atoms with van der Waals surface area (Å²) in [5.41, 5.74) is 4.48. The van der Waals surface area contributed by atoms with Gasteiger partial charge < -0.3 is 15.6 Å². The van der Waals surface area contributed by atoms with Gasteiger partial charge >= 0.3 is 0 Å². The second-order valence-corrected chi connectivity index (χ2v) is 5.02. The lowest BCUT2D eigenvalue weighted by Crippen LogP contribution is -2.59. The zero-order chi connectivity index (χ0) is 11.0. The van der Waals surface area contributed by atoms with Crippen molar-refractivity contribution in [3.8, 4) is 0 Å². The van der Waals surface area contributed by atoms with Gasteiger partial charge in [-0.25, -0.2) is 0 Å². The molecule has 0 saturated carbocycles. The van der Waals surface area contributed by atoms with Crippen LogP contribution in [0.25, 0.3) is 0 Å². The smallest absolute Gasteiger partial charge is 0.0722 e. The van der Waals surface area contributed by atoms with E-state index in [-0.39, 0.29) is 11.0 Å². The van der Waals surface area contributed by atoms with Crippen LogP contribution in [0.5, 0.6) is 0 Å². The second-order valence-electron chi connectivity index (χ2n) is 5.02. The van der Waals surface area contributed by atoms with Gasteiger partial charge in [-0.3, -0.25) is 0 Å². The molecule has 1 aliphatic heterocycles. The van der Waals surface area contributed by atoms with Gasteiger partial charge in [-0.2, -0.15) is 0 Å². The van der Waals surface area contributed by atoms with Crippen LogP contribution in [0, 0.1) is 5.41 Å². The Hall–Kier alpha value is -0.120. The van der Waals surface area contributed by atoms with E-state index in [1.165, 1.54) is 0 Å². The molecule has 0 aromatic carbocycles. The lowest BCUT2D eigenvalue weighted by atomic mass is 9.61. The fourth-order valence-corrected chi connectivity index (χ4v) is 2.74. The number of aliphatic hydroxyl groups is 1. The molecule has 84 valence electrons. The van der Waals surface area contributed by atoms with Crippen LogP contribution in [0.1, 0.15) is 40.5 Å². The van der Waals surface area contributed by atoms with E-state index in [4.69, 9.17) is 10.5 Å². The molecular formula is C11H23NO2. The van der Waals surface area contributed by atoms with E-state index >= 15 is 0 Å². The van der Waals surface area contributed by atoms with E-state index < -0.39 is 5.60 Å². The van der Waals surface area contributed by atoms with Gasteiger partial charge in [0.1, 0.15) is 0 Å². The Morgan fingerprint density at radius 3 is 2.36 bits per heavy atom. The monoisotopic (exact) mass is 201 g/mol. The fraction of sp³-hybridized carbons (Fsp3) is 1.00. The summed E-state index contributed by atoms with van der Waals surface area (Å²) in [6.07, 6.45) is 1.55. The highest BCUT2D eigenvalue weighted by Crippen LogP contribution is 2.51. The number of ether oxygens (including phenoxy) is 1. The molecule has 0 bridgehead atoms. The summed E-state index contributed by atoms with van der Waals surface area (Å²) in [6.45, 7) is 9.08. The molecule has 0 radical (unpaired) electrons. The van der Waals surface area contributed by atoms with E-state index in [0.717, 1.165) is 6.42 Å². The normalized spacial score (nSPS) is 35.6. The van der Waals surface area contributed by atoms with Crippen LogP contribution in [0.2, 0.25) is 0 Å². The summed E-state index contributed by atoms with van der Waals surface area (Å²) in [6, 6.07) is 0. The van der Waals surface area contributed by atoms with E-state index in [1.54, 1.807) is 0 Å². The minimum absolute atomic E-state index is 0.311. The van der Waals surface area contributed by atoms with Crippen LogP contribution >= 0.6 is 0 Å². The molecular weight excluding hydrogens is 178 g/mol. The molecule has 2 atom stereocenters. The molecule has 0 amide bonds. The van der Waals surface area contributed by atoms with Gasteiger partial charge in [0.25, 0.3) is 0 Å². The molecule has 1 fully saturated rings. The van der Waals surface area contributed by atoms with Crippen LogP contribution in [0.3, 0.4) is 0 Å². The van der Waals surface area contributed by atoms with Crippen molar-refractivity contribution in [1.82, 2.24) is 0 Å². The maximum atomic E-state index is 10.4. The second kappa shape index (κ2) is 3.47. The van der Waals surface area contributed by atoms with E-state index in [1.807, 2.05) is 27.7 Å². The standard InChI is InChI=1S/C11H23NO2/c1-5-10(4,13)11(8-12)6-7-14-9(11,2)3/h13H,5-8,12H2,1-4H3. The summed E-state index contributed by atoms with van der Waals surface area (Å²) in [5.74, 6) is 0. The zero-order valence-electron chi connectivity index (χ0n) is 9.76. The lowest BCUT2D eigenvalue weighted by Gasteiger charge is -2.49. The summed E-state index contributed by atoms with van der Waals surface area (Å²) < 4.78 is 5.70. The maximum Gasteiger partial charge on any atom is 0.0722 e. The Bertz CT molecular complexity index is 213. The fourth-order valence-electron chi connectivity index (χ4n) is 2.74. The Morgan fingerprint density at radius 2 is 2.07 bits per heavy atom. The summed E-state index contributed by atoms with van der Waals surface area (Å²) in [4.78, 5) is 0. The first-order valence-corrected chi connectivity index (χ1v) is 5.39. The topological polar surface area (TPSA) is 55.5 Å². The van der Waals surface area contributed by atoms with Crippen molar-refractivity contribution in [1.29, 1.82) is 0 Å². The van der Waals surface area contributed by atoms with Crippen molar-refractivity contribution in [2.24, 2.45) is 11.1 Å². The molecule has 14 heavy (non-hydrogen) atoms. The van der Waals surface area contributed by atoms with Crippen molar-refractivity contribution in [2.45, 2.75) is 51.7 Å². The predicted octanol–water partition coefficient (Wildman–Crippen LogP) is 1.29. The Balaban J connectivity index is 3.09. The summed E-state index contributed by atoms with van der Waals surface area (Å²) >= 11 is 0. The molecule has 0 aromatic rings. The third kappa shape index (κ3) is 1.38. The molecule has 0 aliphatic carbocycles. The van der Waals surface area contributed by atoms with Crippen LogP contribution in [-0.4, -0.2) is 29.5 Å². The van der Waals surface area contributed by atoms with Gasteiger partial charge in [0.2, 0.25) is 0 Å². The molecule has 1 heterocycles. The average Bonchev–Trinajstić information content (AvgIpc) is 2.42. The highest BCUT2D eigenvalue weighted by molar-refractivity contribution is 5.09. The maximum absolute atomic E-state index is 10.4. The molecule has 3 N–H and O–H groups in total. The van der Waals surface area contributed by atoms with Gasteiger partial charge in [0, 0.05) is 18.6 Å². The average molecular weight is 201 g/mol. The van der Waals surface area contributed by atoms with E-state index in [2.05, 4.69) is 0 Å². The van der Waals surface area contributed by atoms with Crippen molar-refractivity contribution < 1.29 is 9.84 Å². The predicted molar refractivity (Wildman–Crippen MR) is 57.1 cm³/mol. The molecule has 3 heteroatoms. The first-order chi connectivity index (χ1) is 6.33. The number of hydrogen-bond acceptors (Lipinski definition) is 3. The van der Waals surface area contributed by atoms with Crippen molar-refractivity contribution in [3.05, 3.63) is 0 Å². The van der Waals surface area contributed by atoms with E-state index in [0.29, 0.717) is 19.6 Å². The Kier molecular flexibility index (Phi) is 2.96. The number of hydrogen-bond donors (Lipinski definition) is 2. The molecule has 1 saturated heterocycles. The van der Waals surface area contributed by atoms with Gasteiger partial charge in [0.15, 0.2) is 0 Å². The van der Waals surface area contributed by atoms with Gasteiger partial charge in [-0.1, -0.05) is 6.92 Å². The van der Waals surface area contributed by atoms with Gasteiger partial charge in [-0.15, -0.1) is 0 Å². The van der Waals surface area contributed by atoms with Crippen molar-refractivity contribution in [2.75, 3.05) is 13.2 Å². The molecule has 3 nitrogen and oxygen atoms in total. The first kappa shape index (κ1) is 12.0. The quantitative estimate of drug-likeness (QED) is 0.723. The van der Waals surface area contributed by atoms with Crippen LogP contribution in [0.4, 0.5) is 0 Å². The third-order valence-corrected chi connectivity index (χ3v) is 4.21. The van der Waals surface area contributed by atoms with Gasteiger partial charge in [0.05, 0.1) is 11.2 Å². The van der Waals surface area contributed by atoms with Gasteiger partial charge in [-0.05, 0) is 33.6 Å². The third-order valence-electron chi connectivity index (χ3n) is 4.21. The Labute approximate surface area is 86.6 Å². The van der Waals surface area contributed by atoms with Crippen molar-refractivity contribution in [3.63, 3.8) is 0 Å². The molecule has 0 aromatic heterocycles. The molecule has 2 unspecified atom stereocenters. The van der Waals surface area contributed by atoms with E-state index in [9.17, 15) is 5.11 Å². The molecule has 1 aliphatic rings. The van der Waals surface area contributed by atoms with Crippen molar-refractivity contribution >= 4 is 0 Å². The van der Waals surface area contributed by atoms with Crippen LogP contribution < -0.4 is 5.73 Å². The molecule has 0 spiro atoms. The lowest BCUT2D eigenvalue weighted by molar-refractivity contribution is -0.142. The largest absolute Gasteiger partial charge is 0.389 e. The summed E-state index contributed by atoms with van der Waals surface area (Å²) in [5, 5.41) is 10.4. The number of nitrogens with two attached hydrogens (primary N) is 1. The van der Waals surface area contributed by atoms with Crippen LogP contribution in [0.15, 0.2) is 0 Å². The highest BCUT2D eigenvalue weighted by Gasteiger charge is 2.58. The highest BCUT2D eigenvalue weighted by atomic mass is 16.5. The minimum Gasteiger partial charge on any atom is -0.389 e. The summed E-state index contributed by atoms with van der Waals surface area (Å²) in [7, 11) is 0. The van der Waals surface area contributed by atoms with Crippen LogP contribution in [-0.2, 0) is 4.74 Å². The SMILES string of the molecule is CCC(C)(O)C1(CN)CCOC1(C)C.